The molecule has 2 aromatic carbocycles. The normalized spacial score (nSPS) is 11.9. The predicted octanol–water partition coefficient (Wildman–Crippen LogP) is 6.55. The van der Waals surface area contributed by atoms with Crippen molar-refractivity contribution < 1.29 is 13.2 Å². The number of carbonyl (C=O) groups excluding carboxylic acids is 1. The molecule has 0 saturated carbocycles. The highest BCUT2D eigenvalue weighted by molar-refractivity contribution is 9.11. The lowest BCUT2D eigenvalue weighted by atomic mass is 10.1. The van der Waals surface area contributed by atoms with Crippen LogP contribution in [0.3, 0.4) is 0 Å². The van der Waals surface area contributed by atoms with E-state index in [9.17, 15) is 13.2 Å². The van der Waals surface area contributed by atoms with Crippen molar-refractivity contribution >= 4 is 78.1 Å². The summed E-state index contributed by atoms with van der Waals surface area (Å²) in [6, 6.07) is 21.9. The van der Waals surface area contributed by atoms with Gasteiger partial charge in [-0.3, -0.25) is 4.79 Å². The van der Waals surface area contributed by atoms with Crippen molar-refractivity contribution in [2.45, 2.75) is 17.7 Å². The Morgan fingerprint density at radius 3 is 2.50 bits per heavy atom. The van der Waals surface area contributed by atoms with E-state index in [-0.39, 0.29) is 9.90 Å². The zero-order valence-corrected chi connectivity index (χ0v) is 23.9. The van der Waals surface area contributed by atoms with E-state index < -0.39 is 15.9 Å². The Morgan fingerprint density at radius 2 is 1.79 bits per heavy atom. The lowest BCUT2D eigenvalue weighted by Gasteiger charge is -2.10. The molecule has 0 unspecified atom stereocenters. The van der Waals surface area contributed by atoms with Crippen molar-refractivity contribution in [3.8, 4) is 0 Å². The van der Waals surface area contributed by atoms with Crippen molar-refractivity contribution in [3.63, 3.8) is 0 Å². The molecule has 5 rings (SSSR count). The summed E-state index contributed by atoms with van der Waals surface area (Å²) < 4.78 is 29.8. The molecule has 0 aliphatic heterocycles. The molecule has 0 saturated heterocycles. The molecule has 3 aromatic heterocycles. The molecule has 0 aliphatic rings. The summed E-state index contributed by atoms with van der Waals surface area (Å²) in [6.45, 7) is 2.22. The van der Waals surface area contributed by atoms with Gasteiger partial charge in [-0.2, -0.15) is 0 Å². The summed E-state index contributed by atoms with van der Waals surface area (Å²) in [5.74, 6) is -0.139. The number of carbonyl (C=O) groups is 1. The molecular weight excluding hydrogens is 608 g/mol. The number of nitrogens with one attached hydrogen (secondary N) is 1. The van der Waals surface area contributed by atoms with Crippen LogP contribution in [-0.4, -0.2) is 28.9 Å². The number of hydrogen-bond acceptors (Lipinski definition) is 6. The summed E-state index contributed by atoms with van der Waals surface area (Å²) in [7, 11) is -4.02. The molecule has 192 valence electrons. The zero-order chi connectivity index (χ0) is 26.9. The maximum absolute atomic E-state index is 12.8. The highest BCUT2D eigenvalue weighted by atomic mass is 79.9. The van der Waals surface area contributed by atoms with Gasteiger partial charge in [0.15, 0.2) is 5.65 Å². The second-order valence-electron chi connectivity index (χ2n) is 8.37. The molecular formula is C27H20BrClN4O3S2. The highest BCUT2D eigenvalue weighted by Crippen LogP contribution is 2.26. The van der Waals surface area contributed by atoms with Crippen LogP contribution in [-0.2, 0) is 16.6 Å². The first-order valence-electron chi connectivity index (χ1n) is 11.4. The SMILES string of the molecule is Cc1nc2ccc(C(=O)NS(=O)(=O)c3ccc(Br)s3)nc2n1Cc1ccc(/C=C/c2ccccc2)cc1Cl. The fourth-order valence-electron chi connectivity index (χ4n) is 3.82. The van der Waals surface area contributed by atoms with E-state index >= 15 is 0 Å². The average molecular weight is 628 g/mol. The molecule has 0 aliphatic carbocycles. The highest BCUT2D eigenvalue weighted by Gasteiger charge is 2.22. The van der Waals surface area contributed by atoms with Crippen molar-refractivity contribution in [2.75, 3.05) is 0 Å². The molecule has 0 spiro atoms. The molecule has 3 heterocycles. The minimum atomic E-state index is -4.02. The number of aromatic nitrogens is 3. The van der Waals surface area contributed by atoms with E-state index in [2.05, 4.69) is 30.6 Å². The van der Waals surface area contributed by atoms with Crippen LogP contribution in [0.2, 0.25) is 5.02 Å². The number of hydrogen-bond donors (Lipinski definition) is 1. The first-order valence-corrected chi connectivity index (χ1v) is 14.8. The van der Waals surface area contributed by atoms with Gasteiger partial charge in [0, 0.05) is 5.02 Å². The second kappa shape index (κ2) is 10.8. The topological polar surface area (TPSA) is 93.9 Å². The number of imidazole rings is 1. The fraction of sp³-hybridized carbons (Fsp3) is 0.0741. The van der Waals surface area contributed by atoms with E-state index in [1.807, 2.05) is 72.2 Å². The van der Waals surface area contributed by atoms with Crippen LogP contribution in [0.15, 0.2) is 80.8 Å². The van der Waals surface area contributed by atoms with Gasteiger partial charge in [-0.05, 0) is 69.9 Å². The average Bonchev–Trinajstić information content (AvgIpc) is 3.47. The minimum Gasteiger partial charge on any atom is -0.308 e. The predicted molar refractivity (Wildman–Crippen MR) is 155 cm³/mol. The molecule has 0 atom stereocenters. The van der Waals surface area contributed by atoms with Crippen molar-refractivity contribution in [3.05, 3.63) is 110 Å². The van der Waals surface area contributed by atoms with Crippen LogP contribution in [0, 0.1) is 6.92 Å². The summed E-state index contributed by atoms with van der Waals surface area (Å²) in [6.07, 6.45) is 4.02. The first-order chi connectivity index (χ1) is 18.2. The van der Waals surface area contributed by atoms with E-state index in [0.29, 0.717) is 32.3 Å². The van der Waals surface area contributed by atoms with Gasteiger partial charge in [-0.1, -0.05) is 66.2 Å². The van der Waals surface area contributed by atoms with Crippen LogP contribution in [0.4, 0.5) is 0 Å². The van der Waals surface area contributed by atoms with Crippen molar-refractivity contribution in [2.24, 2.45) is 0 Å². The van der Waals surface area contributed by atoms with Crippen LogP contribution in [0.25, 0.3) is 23.3 Å². The summed E-state index contributed by atoms with van der Waals surface area (Å²) in [4.78, 5) is 21.8. The summed E-state index contributed by atoms with van der Waals surface area (Å²) in [5.41, 5.74) is 3.91. The number of benzene rings is 2. The van der Waals surface area contributed by atoms with E-state index in [0.717, 1.165) is 28.0 Å². The number of aryl methyl sites for hydroxylation is 1. The van der Waals surface area contributed by atoms with Gasteiger partial charge >= 0.3 is 0 Å². The van der Waals surface area contributed by atoms with E-state index in [1.165, 1.54) is 12.1 Å². The third-order valence-electron chi connectivity index (χ3n) is 5.73. The monoisotopic (exact) mass is 626 g/mol. The molecule has 11 heteroatoms. The Kier molecular flexibility index (Phi) is 7.49. The summed E-state index contributed by atoms with van der Waals surface area (Å²) >= 11 is 10.9. The molecule has 0 radical (unpaired) electrons. The fourth-order valence-corrected chi connectivity index (χ4v) is 7.04. The Labute approximate surface area is 237 Å². The number of thiophene rings is 1. The standard InChI is InChI=1S/C27H20BrClN4O3S2/c1-17-30-22-11-12-23(27(34)32-38(35,36)25-14-13-24(28)37-25)31-26(22)33(17)16-20-10-9-19(15-21(20)29)8-7-18-5-3-2-4-6-18/h2-15H,16H2,1H3,(H,32,34)/b8-7+. The van der Waals surface area contributed by atoms with Gasteiger partial charge in [-0.15, -0.1) is 11.3 Å². The van der Waals surface area contributed by atoms with Crippen molar-refractivity contribution in [1.82, 2.24) is 19.3 Å². The third-order valence-corrected chi connectivity index (χ3v) is 9.53. The number of rotatable bonds is 7. The van der Waals surface area contributed by atoms with Crippen LogP contribution < -0.4 is 4.72 Å². The number of halogens is 2. The van der Waals surface area contributed by atoms with Gasteiger partial charge in [-0.25, -0.2) is 23.1 Å². The number of amides is 1. The number of pyridine rings is 1. The molecule has 5 aromatic rings. The molecule has 0 fully saturated rings. The van der Waals surface area contributed by atoms with Gasteiger partial charge in [0.1, 0.15) is 21.2 Å². The van der Waals surface area contributed by atoms with Crippen molar-refractivity contribution in [1.29, 1.82) is 0 Å². The maximum Gasteiger partial charge on any atom is 0.283 e. The maximum atomic E-state index is 12.8. The second-order valence-corrected chi connectivity index (χ2v) is 13.2. The summed E-state index contributed by atoms with van der Waals surface area (Å²) in [5, 5.41) is 0.587. The van der Waals surface area contributed by atoms with Crippen LogP contribution in [0.5, 0.6) is 0 Å². The molecule has 38 heavy (non-hydrogen) atoms. The molecule has 7 nitrogen and oxygen atoms in total. The Morgan fingerprint density at radius 1 is 1.03 bits per heavy atom. The van der Waals surface area contributed by atoms with E-state index in [1.54, 1.807) is 12.1 Å². The van der Waals surface area contributed by atoms with Gasteiger partial charge in [0.2, 0.25) is 0 Å². The number of nitrogens with zero attached hydrogens (tertiary/aromatic N) is 3. The Hall–Kier alpha value is -3.31. The van der Waals surface area contributed by atoms with E-state index in [4.69, 9.17) is 11.6 Å². The zero-order valence-electron chi connectivity index (χ0n) is 19.9. The molecule has 0 bridgehead atoms. The lowest BCUT2D eigenvalue weighted by Crippen LogP contribution is -2.30. The third kappa shape index (κ3) is 5.73. The molecule has 1 amide bonds. The van der Waals surface area contributed by atoms with Gasteiger partial charge < -0.3 is 4.57 Å². The Balaban J connectivity index is 1.39. The smallest absolute Gasteiger partial charge is 0.283 e. The van der Waals surface area contributed by atoms with Crippen LogP contribution in [0.1, 0.15) is 33.0 Å². The lowest BCUT2D eigenvalue weighted by molar-refractivity contribution is 0.0977. The van der Waals surface area contributed by atoms with Gasteiger partial charge in [0.25, 0.3) is 15.9 Å². The molecule has 1 N–H and O–H groups in total. The van der Waals surface area contributed by atoms with Crippen LogP contribution >= 0.6 is 38.9 Å². The quantitative estimate of drug-likeness (QED) is 0.207. The minimum absolute atomic E-state index is 0.0244. The number of fused-ring (bicyclic) bond motifs is 1. The largest absolute Gasteiger partial charge is 0.308 e. The Bertz CT molecular complexity index is 1800. The van der Waals surface area contributed by atoms with Gasteiger partial charge in [0.05, 0.1) is 10.3 Å². The number of sulfonamides is 1. The first kappa shape index (κ1) is 26.3.